The van der Waals surface area contributed by atoms with Crippen molar-refractivity contribution in [2.45, 2.75) is 72.1 Å². The van der Waals surface area contributed by atoms with E-state index < -0.39 is 8.56 Å². The Morgan fingerprint density at radius 2 is 1.73 bits per heavy atom. The van der Waals surface area contributed by atoms with Gasteiger partial charge in [-0.25, -0.2) is 0 Å². The van der Waals surface area contributed by atoms with Gasteiger partial charge in [0.2, 0.25) is 0 Å². The third-order valence-electron chi connectivity index (χ3n) is 2.44. The van der Waals surface area contributed by atoms with Gasteiger partial charge in [-0.3, -0.25) is 0 Å². The molecule has 1 atom stereocenters. The fourth-order valence-corrected chi connectivity index (χ4v) is 3.63. The second-order valence-corrected chi connectivity index (χ2v) is 7.93. The van der Waals surface area contributed by atoms with Gasteiger partial charge in [-0.05, 0) is 33.4 Å². The molecule has 3 heteroatoms. The Bertz CT molecular complexity index is 149. The summed E-state index contributed by atoms with van der Waals surface area (Å²) in [4.78, 5) is 0. The van der Waals surface area contributed by atoms with Crippen molar-refractivity contribution in [3.05, 3.63) is 0 Å². The molecular formula is C12H28O2Si. The molecule has 0 saturated carbocycles. The van der Waals surface area contributed by atoms with Crippen molar-refractivity contribution in [3.8, 4) is 0 Å². The molecule has 0 aromatic carbocycles. The summed E-state index contributed by atoms with van der Waals surface area (Å²) in [6.07, 6.45) is 6.79. The topological polar surface area (TPSA) is 18.5 Å². The van der Waals surface area contributed by atoms with Crippen molar-refractivity contribution < 1.29 is 8.85 Å². The number of unbranched alkanes of at least 4 members (excludes halogenated alkanes) is 3. The van der Waals surface area contributed by atoms with Gasteiger partial charge < -0.3 is 8.85 Å². The molecule has 0 aliphatic carbocycles. The molecule has 92 valence electrons. The van der Waals surface area contributed by atoms with E-state index in [4.69, 9.17) is 8.85 Å². The fourth-order valence-electron chi connectivity index (χ4n) is 1.78. The first-order valence-corrected chi connectivity index (χ1v) is 9.15. The zero-order valence-electron chi connectivity index (χ0n) is 11.1. The summed E-state index contributed by atoms with van der Waals surface area (Å²) in [5.74, 6) is 0. The van der Waals surface area contributed by atoms with Crippen LogP contribution in [0.1, 0.15) is 52.9 Å². The molecule has 2 nitrogen and oxygen atoms in total. The molecular weight excluding hydrogens is 204 g/mol. The van der Waals surface area contributed by atoms with Gasteiger partial charge in [0.1, 0.15) is 0 Å². The molecule has 0 amide bonds. The van der Waals surface area contributed by atoms with E-state index in [0.717, 1.165) is 6.61 Å². The number of hydrogen-bond donors (Lipinski definition) is 0. The highest BCUT2D eigenvalue weighted by atomic mass is 28.4. The van der Waals surface area contributed by atoms with Crippen LogP contribution in [0.15, 0.2) is 0 Å². The molecule has 0 rings (SSSR count). The average molecular weight is 232 g/mol. The van der Waals surface area contributed by atoms with Crippen molar-refractivity contribution in [2.75, 3.05) is 6.61 Å². The van der Waals surface area contributed by atoms with Crippen LogP contribution in [0.5, 0.6) is 0 Å². The van der Waals surface area contributed by atoms with Gasteiger partial charge in [-0.15, -0.1) is 0 Å². The smallest absolute Gasteiger partial charge is 0.331 e. The van der Waals surface area contributed by atoms with Gasteiger partial charge in [-0.1, -0.05) is 32.6 Å². The lowest BCUT2D eigenvalue weighted by molar-refractivity contribution is 0.128. The SMILES string of the molecule is CCCCCCC(C)O[Si](C)(C)OCC. The highest BCUT2D eigenvalue weighted by molar-refractivity contribution is 6.64. The van der Waals surface area contributed by atoms with Crippen LogP contribution in [0.3, 0.4) is 0 Å². The Morgan fingerprint density at radius 3 is 2.27 bits per heavy atom. The Kier molecular flexibility index (Phi) is 8.38. The zero-order chi connectivity index (χ0) is 11.7. The molecule has 0 N–H and O–H groups in total. The maximum atomic E-state index is 5.98. The van der Waals surface area contributed by atoms with E-state index in [-0.39, 0.29) is 0 Å². The van der Waals surface area contributed by atoms with E-state index in [1.807, 2.05) is 6.92 Å². The molecule has 0 saturated heterocycles. The van der Waals surface area contributed by atoms with E-state index in [0.29, 0.717) is 6.10 Å². The molecule has 0 aromatic heterocycles. The van der Waals surface area contributed by atoms with Crippen molar-refractivity contribution in [3.63, 3.8) is 0 Å². The minimum Gasteiger partial charge on any atom is -0.395 e. The molecule has 0 spiro atoms. The highest BCUT2D eigenvalue weighted by Gasteiger charge is 2.26. The van der Waals surface area contributed by atoms with Crippen LogP contribution in [-0.4, -0.2) is 21.3 Å². The highest BCUT2D eigenvalue weighted by Crippen LogP contribution is 2.14. The molecule has 0 aliphatic heterocycles. The summed E-state index contributed by atoms with van der Waals surface area (Å²) in [6, 6.07) is 0. The van der Waals surface area contributed by atoms with Crippen molar-refractivity contribution in [2.24, 2.45) is 0 Å². The quantitative estimate of drug-likeness (QED) is 0.440. The summed E-state index contributed by atoms with van der Waals surface area (Å²) in [5.41, 5.74) is 0. The van der Waals surface area contributed by atoms with Gasteiger partial charge >= 0.3 is 8.56 Å². The van der Waals surface area contributed by atoms with Gasteiger partial charge in [-0.2, -0.15) is 0 Å². The third kappa shape index (κ3) is 9.09. The second kappa shape index (κ2) is 8.31. The fraction of sp³-hybridized carbons (Fsp3) is 1.00. The first kappa shape index (κ1) is 15.1. The lowest BCUT2D eigenvalue weighted by Gasteiger charge is -2.26. The molecule has 0 fully saturated rings. The summed E-state index contributed by atoms with van der Waals surface area (Å²) in [5, 5.41) is 0. The summed E-state index contributed by atoms with van der Waals surface area (Å²) in [7, 11) is -1.83. The Morgan fingerprint density at radius 1 is 1.07 bits per heavy atom. The van der Waals surface area contributed by atoms with Gasteiger partial charge in [0.05, 0.1) is 0 Å². The number of rotatable bonds is 9. The molecule has 15 heavy (non-hydrogen) atoms. The summed E-state index contributed by atoms with van der Waals surface area (Å²) >= 11 is 0. The summed E-state index contributed by atoms with van der Waals surface area (Å²) < 4.78 is 11.6. The van der Waals surface area contributed by atoms with Gasteiger partial charge in [0, 0.05) is 12.7 Å². The maximum Gasteiger partial charge on any atom is 0.331 e. The van der Waals surface area contributed by atoms with E-state index in [1.54, 1.807) is 0 Å². The molecule has 0 heterocycles. The van der Waals surface area contributed by atoms with Gasteiger partial charge in [0.15, 0.2) is 0 Å². The number of hydrogen-bond acceptors (Lipinski definition) is 2. The maximum absolute atomic E-state index is 5.98. The van der Waals surface area contributed by atoms with Crippen molar-refractivity contribution in [1.82, 2.24) is 0 Å². The molecule has 1 unspecified atom stereocenters. The largest absolute Gasteiger partial charge is 0.395 e. The van der Waals surface area contributed by atoms with Crippen LogP contribution >= 0.6 is 0 Å². The van der Waals surface area contributed by atoms with Crippen LogP contribution < -0.4 is 0 Å². The first-order chi connectivity index (χ1) is 7.02. The average Bonchev–Trinajstić information content (AvgIpc) is 2.11. The van der Waals surface area contributed by atoms with Gasteiger partial charge in [0.25, 0.3) is 0 Å². The van der Waals surface area contributed by atoms with E-state index >= 15 is 0 Å². The predicted octanol–water partition coefficient (Wildman–Crippen LogP) is 4.10. The Labute approximate surface area is 96.6 Å². The third-order valence-corrected chi connectivity index (χ3v) is 4.40. The molecule has 0 radical (unpaired) electrons. The van der Waals surface area contributed by atoms with E-state index in [1.165, 1.54) is 32.1 Å². The lowest BCUT2D eigenvalue weighted by Crippen LogP contribution is -2.38. The van der Waals surface area contributed by atoms with Crippen LogP contribution in [0.4, 0.5) is 0 Å². The predicted molar refractivity (Wildman–Crippen MR) is 68.4 cm³/mol. The second-order valence-electron chi connectivity index (χ2n) is 4.61. The van der Waals surface area contributed by atoms with Crippen LogP contribution in [-0.2, 0) is 8.85 Å². The molecule has 0 bridgehead atoms. The standard InChI is InChI=1S/C12H28O2Si/c1-6-8-9-10-11-12(3)14-15(4,5)13-7-2/h12H,6-11H2,1-5H3. The Hall–Kier alpha value is 0.137. The van der Waals surface area contributed by atoms with Crippen LogP contribution in [0, 0.1) is 0 Å². The monoisotopic (exact) mass is 232 g/mol. The lowest BCUT2D eigenvalue weighted by atomic mass is 10.1. The zero-order valence-corrected chi connectivity index (χ0v) is 12.1. The van der Waals surface area contributed by atoms with Crippen molar-refractivity contribution in [1.29, 1.82) is 0 Å². The Balaban J connectivity index is 3.58. The van der Waals surface area contributed by atoms with E-state index in [2.05, 4.69) is 26.9 Å². The minimum atomic E-state index is -1.83. The molecule has 0 aromatic rings. The minimum absolute atomic E-state index is 0.357. The van der Waals surface area contributed by atoms with E-state index in [9.17, 15) is 0 Å². The van der Waals surface area contributed by atoms with Crippen molar-refractivity contribution >= 4 is 8.56 Å². The first-order valence-electron chi connectivity index (χ1n) is 6.33. The molecule has 0 aliphatic rings. The van der Waals surface area contributed by atoms with Crippen LogP contribution in [0.25, 0.3) is 0 Å². The normalized spacial score (nSPS) is 14.2. The summed E-state index contributed by atoms with van der Waals surface area (Å²) in [6.45, 7) is 11.5. The van der Waals surface area contributed by atoms with Crippen LogP contribution in [0.2, 0.25) is 13.1 Å².